The first-order chi connectivity index (χ1) is 14.5. The second kappa shape index (κ2) is 8.84. The van der Waals surface area contributed by atoms with Crippen molar-refractivity contribution in [2.24, 2.45) is 0 Å². The van der Waals surface area contributed by atoms with E-state index in [0.29, 0.717) is 34.4 Å². The summed E-state index contributed by atoms with van der Waals surface area (Å²) in [6.45, 7) is 4.68. The van der Waals surface area contributed by atoms with Gasteiger partial charge in [-0.1, -0.05) is 48.3 Å². The molecule has 2 amide bonds. The highest BCUT2D eigenvalue weighted by atomic mass is 35.5. The number of hydrogen-bond donors (Lipinski definition) is 1. The summed E-state index contributed by atoms with van der Waals surface area (Å²) in [4.78, 5) is 29.5. The molecule has 0 aliphatic carbocycles. The van der Waals surface area contributed by atoms with Gasteiger partial charge in [0.25, 0.3) is 5.91 Å². The molecule has 1 aromatic heterocycles. The summed E-state index contributed by atoms with van der Waals surface area (Å²) < 4.78 is 0.877. The van der Waals surface area contributed by atoms with E-state index in [9.17, 15) is 9.59 Å². The molecule has 3 aromatic rings. The van der Waals surface area contributed by atoms with Crippen LogP contribution in [0.15, 0.2) is 42.5 Å². The van der Waals surface area contributed by atoms with Crippen LogP contribution in [0, 0.1) is 0 Å². The molecule has 0 radical (unpaired) electrons. The van der Waals surface area contributed by atoms with E-state index in [1.165, 1.54) is 11.3 Å². The van der Waals surface area contributed by atoms with Gasteiger partial charge < -0.3 is 15.1 Å². The third-order valence-electron chi connectivity index (χ3n) is 5.23. The van der Waals surface area contributed by atoms with Crippen LogP contribution in [-0.4, -0.2) is 42.9 Å². The van der Waals surface area contributed by atoms with Gasteiger partial charge in [-0.3, -0.25) is 9.59 Å². The van der Waals surface area contributed by atoms with E-state index in [1.807, 2.05) is 48.2 Å². The largest absolute Gasteiger partial charge is 0.366 e. The first-order valence-corrected chi connectivity index (χ1v) is 11.4. The smallest absolute Gasteiger partial charge is 0.267 e. The monoisotopic (exact) mass is 461 g/mol. The molecule has 5 nitrogen and oxygen atoms in total. The summed E-state index contributed by atoms with van der Waals surface area (Å²) in [5.74, 6) is -0.0692. The number of benzene rings is 2. The Hall–Kier alpha value is -2.28. The lowest BCUT2D eigenvalue weighted by atomic mass is 10.2. The standard InChI is InChI=1S/C22H21Cl2N3O2S/c1-2-19(28)27-11-9-26(10-12-27)17-6-4-3-5-16(17)25-22(29)21-20(24)15-8-7-14(23)13-18(15)30-21/h3-8,13H,2,9-12H2,1H3,(H,25,29). The quantitative estimate of drug-likeness (QED) is 0.556. The molecule has 1 aliphatic heterocycles. The second-order valence-electron chi connectivity index (χ2n) is 7.08. The molecule has 30 heavy (non-hydrogen) atoms. The number of piperazine rings is 1. The lowest BCUT2D eigenvalue weighted by molar-refractivity contribution is -0.131. The van der Waals surface area contributed by atoms with Gasteiger partial charge in [0.15, 0.2) is 0 Å². The highest BCUT2D eigenvalue weighted by molar-refractivity contribution is 7.21. The molecule has 4 rings (SSSR count). The van der Waals surface area contributed by atoms with Gasteiger partial charge >= 0.3 is 0 Å². The van der Waals surface area contributed by atoms with E-state index in [1.54, 1.807) is 6.07 Å². The number of nitrogens with one attached hydrogen (secondary N) is 1. The number of carbonyl (C=O) groups is 2. The second-order valence-corrected chi connectivity index (χ2v) is 8.94. The number of halogens is 2. The Morgan fingerprint density at radius 2 is 1.80 bits per heavy atom. The Balaban J connectivity index is 1.54. The Morgan fingerprint density at radius 3 is 2.53 bits per heavy atom. The van der Waals surface area contributed by atoms with Crippen molar-refractivity contribution in [3.8, 4) is 0 Å². The fourth-order valence-corrected chi connectivity index (χ4v) is 5.33. The van der Waals surface area contributed by atoms with Crippen molar-refractivity contribution < 1.29 is 9.59 Å². The number of fused-ring (bicyclic) bond motifs is 1. The first kappa shape index (κ1) is 21.0. The summed E-state index contributed by atoms with van der Waals surface area (Å²) in [5.41, 5.74) is 1.67. The number of hydrogen-bond acceptors (Lipinski definition) is 4. The van der Waals surface area contributed by atoms with Crippen LogP contribution in [0.3, 0.4) is 0 Å². The van der Waals surface area contributed by atoms with E-state index in [0.717, 1.165) is 34.6 Å². The van der Waals surface area contributed by atoms with Crippen LogP contribution in [-0.2, 0) is 4.79 Å². The molecule has 1 aliphatic rings. The van der Waals surface area contributed by atoms with E-state index < -0.39 is 0 Å². The van der Waals surface area contributed by atoms with Crippen molar-refractivity contribution in [1.82, 2.24) is 4.90 Å². The number of carbonyl (C=O) groups excluding carboxylic acids is 2. The number of rotatable bonds is 4. The summed E-state index contributed by atoms with van der Waals surface area (Å²) in [6, 6.07) is 13.1. The zero-order valence-electron chi connectivity index (χ0n) is 16.5. The van der Waals surface area contributed by atoms with Gasteiger partial charge in [0.2, 0.25) is 5.91 Å². The highest BCUT2D eigenvalue weighted by Crippen LogP contribution is 2.37. The molecular weight excluding hydrogens is 441 g/mol. The van der Waals surface area contributed by atoms with Gasteiger partial charge in [-0.05, 0) is 24.3 Å². The minimum atomic E-state index is -0.246. The van der Waals surface area contributed by atoms with E-state index >= 15 is 0 Å². The summed E-state index contributed by atoms with van der Waals surface area (Å²) in [6.07, 6.45) is 0.522. The maximum absolute atomic E-state index is 13.0. The molecule has 1 N–H and O–H groups in total. The molecule has 0 unspecified atom stereocenters. The average Bonchev–Trinajstić information content (AvgIpc) is 3.09. The first-order valence-electron chi connectivity index (χ1n) is 9.78. The number of anilines is 2. The third-order valence-corrected chi connectivity index (χ3v) is 7.12. The van der Waals surface area contributed by atoms with Gasteiger partial charge in [0.05, 0.1) is 16.4 Å². The fraction of sp³-hybridized carbons (Fsp3) is 0.273. The SMILES string of the molecule is CCC(=O)N1CCN(c2ccccc2NC(=O)c2sc3cc(Cl)ccc3c2Cl)CC1. The fourth-order valence-electron chi connectivity index (χ4n) is 3.64. The maximum atomic E-state index is 13.0. The summed E-state index contributed by atoms with van der Waals surface area (Å²) in [5, 5.41) is 4.89. The predicted molar refractivity (Wildman–Crippen MR) is 125 cm³/mol. The molecule has 2 heterocycles. The van der Waals surface area contributed by atoms with Crippen molar-refractivity contribution in [2.45, 2.75) is 13.3 Å². The minimum absolute atomic E-state index is 0.177. The van der Waals surface area contributed by atoms with Gasteiger partial charge in [-0.2, -0.15) is 0 Å². The number of amides is 2. The highest BCUT2D eigenvalue weighted by Gasteiger charge is 2.23. The Kier molecular flexibility index (Phi) is 6.18. The van der Waals surface area contributed by atoms with E-state index in [-0.39, 0.29) is 11.8 Å². The minimum Gasteiger partial charge on any atom is -0.366 e. The van der Waals surface area contributed by atoms with Crippen LogP contribution >= 0.6 is 34.5 Å². The average molecular weight is 462 g/mol. The predicted octanol–water partition coefficient (Wildman–Crippen LogP) is 5.52. The van der Waals surface area contributed by atoms with Crippen molar-refractivity contribution in [2.75, 3.05) is 36.4 Å². The van der Waals surface area contributed by atoms with Gasteiger partial charge in [0, 0.05) is 47.7 Å². The number of nitrogens with zero attached hydrogens (tertiary/aromatic N) is 2. The van der Waals surface area contributed by atoms with Crippen molar-refractivity contribution in [3.05, 3.63) is 57.4 Å². The van der Waals surface area contributed by atoms with Crippen LogP contribution in [0.4, 0.5) is 11.4 Å². The lowest BCUT2D eigenvalue weighted by Gasteiger charge is -2.36. The zero-order chi connectivity index (χ0) is 21.3. The number of thiophene rings is 1. The molecular formula is C22H21Cl2N3O2S. The normalized spacial score (nSPS) is 14.2. The number of para-hydroxylation sites is 2. The van der Waals surface area contributed by atoms with Crippen LogP contribution in [0.2, 0.25) is 10.0 Å². The van der Waals surface area contributed by atoms with E-state index in [4.69, 9.17) is 23.2 Å². The van der Waals surface area contributed by atoms with Crippen LogP contribution in [0.5, 0.6) is 0 Å². The van der Waals surface area contributed by atoms with Crippen molar-refractivity contribution in [3.63, 3.8) is 0 Å². The Bertz CT molecular complexity index is 1110. The maximum Gasteiger partial charge on any atom is 0.267 e. The Labute approximate surface area is 189 Å². The zero-order valence-corrected chi connectivity index (χ0v) is 18.8. The van der Waals surface area contributed by atoms with Gasteiger partial charge in [0.1, 0.15) is 4.88 Å². The topological polar surface area (TPSA) is 52.7 Å². The third kappa shape index (κ3) is 4.13. The Morgan fingerprint density at radius 1 is 1.07 bits per heavy atom. The molecule has 1 saturated heterocycles. The van der Waals surface area contributed by atoms with Crippen LogP contribution < -0.4 is 10.2 Å². The van der Waals surface area contributed by atoms with Crippen molar-refractivity contribution >= 4 is 67.8 Å². The van der Waals surface area contributed by atoms with Gasteiger partial charge in [-0.25, -0.2) is 0 Å². The molecule has 0 atom stereocenters. The molecule has 2 aromatic carbocycles. The van der Waals surface area contributed by atoms with Crippen LogP contribution in [0.1, 0.15) is 23.0 Å². The van der Waals surface area contributed by atoms with Crippen LogP contribution in [0.25, 0.3) is 10.1 Å². The molecule has 0 spiro atoms. The van der Waals surface area contributed by atoms with Gasteiger partial charge in [-0.15, -0.1) is 11.3 Å². The molecule has 1 fully saturated rings. The summed E-state index contributed by atoms with van der Waals surface area (Å²) in [7, 11) is 0. The van der Waals surface area contributed by atoms with Crippen molar-refractivity contribution in [1.29, 1.82) is 0 Å². The summed E-state index contributed by atoms with van der Waals surface area (Å²) >= 11 is 13.9. The molecule has 0 bridgehead atoms. The lowest BCUT2D eigenvalue weighted by Crippen LogP contribution is -2.48. The molecule has 8 heteroatoms. The van der Waals surface area contributed by atoms with E-state index in [2.05, 4.69) is 10.2 Å². The molecule has 0 saturated carbocycles. The molecule has 156 valence electrons.